The fraction of sp³-hybridized carbons (Fsp3) is 0.533. The lowest BCUT2D eigenvalue weighted by atomic mass is 10.1. The van der Waals surface area contributed by atoms with Gasteiger partial charge in [-0.05, 0) is 25.8 Å². The first-order chi connectivity index (χ1) is 10.4. The van der Waals surface area contributed by atoms with Gasteiger partial charge in [-0.3, -0.25) is 9.36 Å². The van der Waals surface area contributed by atoms with Gasteiger partial charge < -0.3 is 4.74 Å². The number of rotatable bonds is 6. The largest absolute Gasteiger partial charge is 0.468 e. The average molecular weight is 339 g/mol. The van der Waals surface area contributed by atoms with Crippen molar-refractivity contribution in [2.45, 2.75) is 44.8 Å². The molecule has 7 heteroatoms. The second kappa shape index (κ2) is 7.28. The Hall–Kier alpha value is -1.34. The number of nitrogens with zero attached hydrogens (tertiary/aromatic N) is 3. The van der Waals surface area contributed by atoms with E-state index >= 15 is 0 Å². The maximum absolute atomic E-state index is 11.3. The van der Waals surface area contributed by atoms with E-state index < -0.39 is 0 Å². The van der Waals surface area contributed by atoms with Gasteiger partial charge in [-0.25, -0.2) is 0 Å². The number of ether oxygens (including phenoxy) is 1. The van der Waals surface area contributed by atoms with E-state index in [0.29, 0.717) is 5.92 Å². The lowest BCUT2D eigenvalue weighted by Crippen LogP contribution is -2.08. The summed E-state index contributed by atoms with van der Waals surface area (Å²) in [5.41, 5.74) is 1.08. The van der Waals surface area contributed by atoms with Crippen LogP contribution in [0.3, 0.4) is 0 Å². The summed E-state index contributed by atoms with van der Waals surface area (Å²) in [7, 11) is 1.39. The molecule has 0 amide bonds. The molecular formula is C15H21N3O2S2. The summed E-state index contributed by atoms with van der Waals surface area (Å²) in [6.07, 6.45) is 0. The zero-order chi connectivity index (χ0) is 16.3. The first-order valence-electron chi connectivity index (χ1n) is 7.17. The molecular weight excluding hydrogens is 318 g/mol. The van der Waals surface area contributed by atoms with E-state index in [-0.39, 0.29) is 17.8 Å². The van der Waals surface area contributed by atoms with Crippen LogP contribution in [0.1, 0.15) is 44.5 Å². The van der Waals surface area contributed by atoms with Crippen molar-refractivity contribution in [2.24, 2.45) is 0 Å². The van der Waals surface area contributed by atoms with Crippen molar-refractivity contribution in [3.63, 3.8) is 0 Å². The number of carbonyl (C=O) groups is 1. The molecule has 2 aromatic rings. The van der Waals surface area contributed by atoms with Gasteiger partial charge in [0.05, 0.1) is 12.9 Å². The second-order valence-electron chi connectivity index (χ2n) is 5.53. The molecule has 0 aromatic carbocycles. The van der Waals surface area contributed by atoms with Crippen LogP contribution in [0.15, 0.2) is 16.6 Å². The van der Waals surface area contributed by atoms with Gasteiger partial charge in [-0.2, -0.15) is 0 Å². The van der Waals surface area contributed by atoms with Gasteiger partial charge in [-0.15, -0.1) is 21.5 Å². The number of aromatic nitrogens is 3. The highest BCUT2D eigenvalue weighted by Crippen LogP contribution is 2.32. The van der Waals surface area contributed by atoms with E-state index in [1.165, 1.54) is 23.7 Å². The Balaban J connectivity index is 2.31. The third-order valence-corrected chi connectivity index (χ3v) is 5.32. The number of hydrogen-bond donors (Lipinski definition) is 0. The third kappa shape index (κ3) is 3.70. The normalized spacial score (nSPS) is 11.4. The summed E-state index contributed by atoms with van der Waals surface area (Å²) in [5, 5.41) is 11.4. The van der Waals surface area contributed by atoms with Crippen LogP contribution in [-0.4, -0.2) is 33.6 Å². The van der Waals surface area contributed by atoms with Crippen molar-refractivity contribution < 1.29 is 9.53 Å². The molecule has 0 aliphatic rings. The molecule has 0 radical (unpaired) electrons. The van der Waals surface area contributed by atoms with Crippen LogP contribution in [0.25, 0.3) is 11.4 Å². The molecule has 0 unspecified atom stereocenters. The van der Waals surface area contributed by atoms with E-state index in [2.05, 4.69) is 58.6 Å². The highest BCUT2D eigenvalue weighted by atomic mass is 32.2. The van der Waals surface area contributed by atoms with E-state index in [4.69, 9.17) is 0 Å². The van der Waals surface area contributed by atoms with Crippen molar-refractivity contribution in [1.82, 2.24) is 14.8 Å². The van der Waals surface area contributed by atoms with E-state index in [1.54, 1.807) is 11.3 Å². The molecule has 2 rings (SSSR count). The SMILES string of the molecule is COC(=O)CSc1nnc(-c2csc(C(C)C)c2)n1C(C)C. The Kier molecular flexibility index (Phi) is 5.63. The highest BCUT2D eigenvalue weighted by Gasteiger charge is 2.19. The highest BCUT2D eigenvalue weighted by molar-refractivity contribution is 7.99. The molecule has 0 saturated heterocycles. The molecule has 0 saturated carbocycles. The van der Waals surface area contributed by atoms with Crippen LogP contribution >= 0.6 is 23.1 Å². The maximum atomic E-state index is 11.3. The number of methoxy groups -OCH3 is 1. The van der Waals surface area contributed by atoms with E-state index in [9.17, 15) is 4.79 Å². The van der Waals surface area contributed by atoms with Crippen LogP contribution < -0.4 is 0 Å². The number of esters is 1. The minimum atomic E-state index is -0.262. The molecule has 5 nitrogen and oxygen atoms in total. The minimum absolute atomic E-state index is 0.215. The molecule has 0 aliphatic carbocycles. The fourth-order valence-electron chi connectivity index (χ4n) is 1.99. The summed E-state index contributed by atoms with van der Waals surface area (Å²) < 4.78 is 6.75. The summed E-state index contributed by atoms with van der Waals surface area (Å²) in [6, 6.07) is 2.39. The maximum Gasteiger partial charge on any atom is 0.316 e. The van der Waals surface area contributed by atoms with Gasteiger partial charge in [0.2, 0.25) is 0 Å². The van der Waals surface area contributed by atoms with E-state index in [0.717, 1.165) is 16.5 Å². The van der Waals surface area contributed by atoms with Crippen molar-refractivity contribution in [3.05, 3.63) is 16.3 Å². The smallest absolute Gasteiger partial charge is 0.316 e. The van der Waals surface area contributed by atoms with Crippen LogP contribution in [0, 0.1) is 0 Å². The topological polar surface area (TPSA) is 57.0 Å². The summed E-state index contributed by atoms with van der Waals surface area (Å²) >= 11 is 3.10. The van der Waals surface area contributed by atoms with Crippen molar-refractivity contribution in [3.8, 4) is 11.4 Å². The molecule has 0 fully saturated rings. The first-order valence-corrected chi connectivity index (χ1v) is 9.03. The van der Waals surface area contributed by atoms with Crippen LogP contribution in [0.5, 0.6) is 0 Å². The molecule has 0 N–H and O–H groups in total. The lowest BCUT2D eigenvalue weighted by Gasteiger charge is -2.12. The second-order valence-corrected chi connectivity index (χ2v) is 7.41. The van der Waals surface area contributed by atoms with Gasteiger partial charge in [0.25, 0.3) is 0 Å². The molecule has 0 spiro atoms. The van der Waals surface area contributed by atoms with Crippen molar-refractivity contribution in [1.29, 1.82) is 0 Å². The third-order valence-electron chi connectivity index (χ3n) is 3.17. The van der Waals surface area contributed by atoms with Gasteiger partial charge >= 0.3 is 5.97 Å². The first kappa shape index (κ1) is 17.0. The van der Waals surface area contributed by atoms with Crippen LogP contribution in [0.2, 0.25) is 0 Å². The number of thiophene rings is 1. The molecule has 2 aromatic heterocycles. The zero-order valence-corrected chi connectivity index (χ0v) is 15.1. The summed E-state index contributed by atoms with van der Waals surface area (Å²) in [4.78, 5) is 12.7. The Labute approximate surface area is 139 Å². The fourth-order valence-corrected chi connectivity index (χ4v) is 3.80. The molecule has 120 valence electrons. The Morgan fingerprint density at radius 1 is 1.36 bits per heavy atom. The van der Waals surface area contributed by atoms with Crippen LogP contribution in [-0.2, 0) is 9.53 Å². The zero-order valence-electron chi connectivity index (χ0n) is 13.5. The van der Waals surface area contributed by atoms with Gasteiger partial charge in [0.1, 0.15) is 0 Å². The number of thioether (sulfide) groups is 1. The molecule has 2 heterocycles. The molecule has 22 heavy (non-hydrogen) atoms. The molecule has 0 atom stereocenters. The van der Waals surface area contributed by atoms with Crippen molar-refractivity contribution in [2.75, 3.05) is 12.9 Å². The predicted molar refractivity (Wildman–Crippen MR) is 90.5 cm³/mol. The van der Waals surface area contributed by atoms with Crippen molar-refractivity contribution >= 4 is 29.1 Å². The lowest BCUT2D eigenvalue weighted by molar-refractivity contribution is -0.137. The van der Waals surface area contributed by atoms with Gasteiger partial charge in [0, 0.05) is 21.9 Å². The van der Waals surface area contributed by atoms with Gasteiger partial charge in [-0.1, -0.05) is 25.6 Å². The molecule has 0 aliphatic heterocycles. The molecule has 0 bridgehead atoms. The number of hydrogen-bond acceptors (Lipinski definition) is 6. The number of carbonyl (C=O) groups excluding carboxylic acids is 1. The Morgan fingerprint density at radius 3 is 2.64 bits per heavy atom. The average Bonchev–Trinajstić information content (AvgIpc) is 3.10. The van der Waals surface area contributed by atoms with Crippen LogP contribution in [0.4, 0.5) is 0 Å². The summed E-state index contributed by atoms with van der Waals surface area (Å²) in [6.45, 7) is 8.54. The quantitative estimate of drug-likeness (QED) is 0.588. The Bertz CT molecular complexity index is 647. The minimum Gasteiger partial charge on any atom is -0.468 e. The predicted octanol–water partition coefficient (Wildman–Crippen LogP) is 3.98. The van der Waals surface area contributed by atoms with E-state index in [1.807, 2.05) is 0 Å². The summed E-state index contributed by atoms with van der Waals surface area (Å²) in [5.74, 6) is 1.33. The Morgan fingerprint density at radius 2 is 2.09 bits per heavy atom. The monoisotopic (exact) mass is 339 g/mol. The standard InChI is InChI=1S/C15H21N3O2S2/c1-9(2)12-6-11(7-21-12)14-16-17-15(18(14)10(3)4)22-8-13(19)20-5/h6-7,9-10H,8H2,1-5H3. The van der Waals surface area contributed by atoms with Gasteiger partial charge in [0.15, 0.2) is 11.0 Å².